The molecule has 0 saturated carbocycles. The molecule has 1 N–H and O–H groups in total. The van der Waals surface area contributed by atoms with Gasteiger partial charge in [-0.2, -0.15) is 0 Å². The second-order valence-corrected chi connectivity index (χ2v) is 5.39. The molecule has 0 aliphatic heterocycles. The van der Waals surface area contributed by atoms with Crippen LogP contribution in [0, 0.1) is 0 Å². The summed E-state index contributed by atoms with van der Waals surface area (Å²) in [5.41, 5.74) is -0.261. The van der Waals surface area contributed by atoms with Gasteiger partial charge in [-0.3, -0.25) is 4.79 Å². The lowest BCUT2D eigenvalue weighted by Gasteiger charge is -2.23. The van der Waals surface area contributed by atoms with Gasteiger partial charge in [-0.15, -0.1) is 0 Å². The van der Waals surface area contributed by atoms with Crippen LogP contribution < -0.4 is 10.1 Å². The summed E-state index contributed by atoms with van der Waals surface area (Å²) < 4.78 is 5.51. The predicted molar refractivity (Wildman–Crippen MR) is 69.4 cm³/mol. The number of carbonyl (C=O) groups is 1. The monoisotopic (exact) mass is 255 g/mol. The second kappa shape index (κ2) is 5.41. The summed E-state index contributed by atoms with van der Waals surface area (Å²) >= 11 is 5.83. The lowest BCUT2D eigenvalue weighted by Crippen LogP contribution is -2.46. The van der Waals surface area contributed by atoms with Crippen molar-refractivity contribution in [2.75, 3.05) is 0 Å². The van der Waals surface area contributed by atoms with Crippen molar-refractivity contribution in [2.24, 2.45) is 0 Å². The Labute approximate surface area is 107 Å². The lowest BCUT2D eigenvalue weighted by atomic mass is 10.1. The zero-order chi connectivity index (χ0) is 13.1. The van der Waals surface area contributed by atoms with E-state index in [0.717, 1.165) is 0 Å². The van der Waals surface area contributed by atoms with Crippen LogP contribution in [0.25, 0.3) is 0 Å². The summed E-state index contributed by atoms with van der Waals surface area (Å²) in [7, 11) is 0. The first-order valence-electron chi connectivity index (χ1n) is 5.52. The fraction of sp³-hybridized carbons (Fsp3) is 0.462. The maximum Gasteiger partial charge on any atom is 0.261 e. The molecule has 0 aromatic heterocycles. The third-order valence-electron chi connectivity index (χ3n) is 1.98. The Balaban J connectivity index is 2.60. The minimum absolute atomic E-state index is 0.141. The number of amides is 1. The number of ether oxygens (including phenoxy) is 1. The molecule has 17 heavy (non-hydrogen) atoms. The first-order chi connectivity index (χ1) is 7.78. The molecule has 0 fully saturated rings. The fourth-order valence-electron chi connectivity index (χ4n) is 1.27. The normalized spacial score (nSPS) is 13.0. The Morgan fingerprint density at radius 2 is 2.06 bits per heavy atom. The van der Waals surface area contributed by atoms with Gasteiger partial charge in [0.25, 0.3) is 5.91 Å². The van der Waals surface area contributed by atoms with Crippen LogP contribution in [-0.2, 0) is 4.79 Å². The molecule has 0 heterocycles. The van der Waals surface area contributed by atoms with Crippen molar-refractivity contribution < 1.29 is 9.53 Å². The van der Waals surface area contributed by atoms with E-state index in [9.17, 15) is 4.79 Å². The lowest BCUT2D eigenvalue weighted by molar-refractivity contribution is -0.128. The highest BCUT2D eigenvalue weighted by Crippen LogP contribution is 2.18. The number of hydrogen-bond donors (Lipinski definition) is 1. The molecule has 1 amide bonds. The largest absolute Gasteiger partial charge is 0.481 e. The van der Waals surface area contributed by atoms with Gasteiger partial charge >= 0.3 is 0 Å². The van der Waals surface area contributed by atoms with Gasteiger partial charge in [-0.05, 0) is 45.9 Å². The number of hydrogen-bond acceptors (Lipinski definition) is 2. The molecule has 1 rings (SSSR count). The van der Waals surface area contributed by atoms with E-state index in [1.54, 1.807) is 31.2 Å². The highest BCUT2D eigenvalue weighted by Gasteiger charge is 2.20. The summed E-state index contributed by atoms with van der Waals surface area (Å²) in [6, 6.07) is 7.00. The Hall–Kier alpha value is -1.22. The summed E-state index contributed by atoms with van der Waals surface area (Å²) in [5.74, 6) is 0.450. The smallest absolute Gasteiger partial charge is 0.261 e. The van der Waals surface area contributed by atoms with Crippen LogP contribution in [0.3, 0.4) is 0 Å². The first-order valence-corrected chi connectivity index (χ1v) is 5.90. The van der Waals surface area contributed by atoms with Crippen LogP contribution in [0.4, 0.5) is 0 Å². The maximum atomic E-state index is 11.8. The minimum Gasteiger partial charge on any atom is -0.481 e. The molecular weight excluding hydrogens is 238 g/mol. The van der Waals surface area contributed by atoms with E-state index in [4.69, 9.17) is 16.3 Å². The predicted octanol–water partition coefficient (Wildman–Crippen LogP) is 3.02. The molecule has 3 nitrogen and oxygen atoms in total. The molecular formula is C13H18ClNO2. The van der Waals surface area contributed by atoms with Gasteiger partial charge in [0.15, 0.2) is 6.10 Å². The molecule has 94 valence electrons. The molecule has 0 unspecified atom stereocenters. The Kier molecular flexibility index (Phi) is 4.40. The minimum atomic E-state index is -0.548. The fourth-order valence-corrected chi connectivity index (χ4v) is 1.45. The van der Waals surface area contributed by atoms with Crippen LogP contribution >= 0.6 is 11.6 Å². The van der Waals surface area contributed by atoms with Crippen LogP contribution in [0.1, 0.15) is 27.7 Å². The summed E-state index contributed by atoms with van der Waals surface area (Å²) in [4.78, 5) is 11.8. The standard InChI is InChI=1S/C13H18ClNO2/c1-9(12(16)15-13(2,3)4)17-11-7-5-6-10(14)8-11/h5-9H,1-4H3,(H,15,16)/t9-/m1/s1. The van der Waals surface area contributed by atoms with E-state index in [2.05, 4.69) is 5.32 Å². The first kappa shape index (κ1) is 13.8. The summed E-state index contributed by atoms with van der Waals surface area (Å²) in [6.07, 6.45) is -0.548. The highest BCUT2D eigenvalue weighted by molar-refractivity contribution is 6.30. The van der Waals surface area contributed by atoms with E-state index < -0.39 is 6.10 Å². The quantitative estimate of drug-likeness (QED) is 0.902. The van der Waals surface area contributed by atoms with Crippen LogP contribution in [0.2, 0.25) is 5.02 Å². The molecule has 0 saturated heterocycles. The van der Waals surface area contributed by atoms with Gasteiger partial charge in [0.05, 0.1) is 0 Å². The third kappa shape index (κ3) is 5.09. The van der Waals surface area contributed by atoms with Crippen molar-refractivity contribution in [3.05, 3.63) is 29.3 Å². The van der Waals surface area contributed by atoms with E-state index in [1.165, 1.54) is 0 Å². The number of carbonyl (C=O) groups excluding carboxylic acids is 1. The Bertz CT molecular complexity index is 399. The topological polar surface area (TPSA) is 38.3 Å². The average Bonchev–Trinajstić information content (AvgIpc) is 2.14. The van der Waals surface area contributed by atoms with Crippen LogP contribution in [0.15, 0.2) is 24.3 Å². The molecule has 4 heteroatoms. The number of benzene rings is 1. The molecule has 0 bridgehead atoms. The number of rotatable bonds is 3. The van der Waals surface area contributed by atoms with Crippen molar-refractivity contribution >= 4 is 17.5 Å². The van der Waals surface area contributed by atoms with Crippen molar-refractivity contribution in [1.29, 1.82) is 0 Å². The van der Waals surface area contributed by atoms with Gasteiger partial charge < -0.3 is 10.1 Å². The Morgan fingerprint density at radius 1 is 1.41 bits per heavy atom. The van der Waals surface area contributed by atoms with Gasteiger partial charge in [-0.25, -0.2) is 0 Å². The molecule has 1 atom stereocenters. The number of nitrogens with one attached hydrogen (secondary N) is 1. The van der Waals surface area contributed by atoms with Gasteiger partial charge in [0.2, 0.25) is 0 Å². The molecule has 0 aliphatic carbocycles. The van der Waals surface area contributed by atoms with E-state index >= 15 is 0 Å². The molecule has 1 aromatic carbocycles. The van der Waals surface area contributed by atoms with Gasteiger partial charge in [-0.1, -0.05) is 17.7 Å². The second-order valence-electron chi connectivity index (χ2n) is 4.96. The van der Waals surface area contributed by atoms with Gasteiger partial charge in [0.1, 0.15) is 5.75 Å². The number of halogens is 1. The van der Waals surface area contributed by atoms with Crippen LogP contribution in [-0.4, -0.2) is 17.6 Å². The van der Waals surface area contributed by atoms with E-state index in [-0.39, 0.29) is 11.4 Å². The third-order valence-corrected chi connectivity index (χ3v) is 2.21. The van der Waals surface area contributed by atoms with Crippen LogP contribution in [0.5, 0.6) is 5.75 Å². The summed E-state index contributed by atoms with van der Waals surface area (Å²) in [5, 5.41) is 3.45. The average molecular weight is 256 g/mol. The highest BCUT2D eigenvalue weighted by atomic mass is 35.5. The molecule has 0 spiro atoms. The molecule has 0 aliphatic rings. The van der Waals surface area contributed by atoms with Crippen molar-refractivity contribution in [1.82, 2.24) is 5.32 Å². The van der Waals surface area contributed by atoms with Crippen molar-refractivity contribution in [3.8, 4) is 5.75 Å². The van der Waals surface area contributed by atoms with E-state index in [1.807, 2.05) is 20.8 Å². The molecule has 0 radical (unpaired) electrons. The van der Waals surface area contributed by atoms with Crippen molar-refractivity contribution in [2.45, 2.75) is 39.3 Å². The zero-order valence-electron chi connectivity index (χ0n) is 10.6. The van der Waals surface area contributed by atoms with E-state index in [0.29, 0.717) is 10.8 Å². The van der Waals surface area contributed by atoms with Crippen molar-refractivity contribution in [3.63, 3.8) is 0 Å². The van der Waals surface area contributed by atoms with Gasteiger partial charge in [0, 0.05) is 10.6 Å². The zero-order valence-corrected chi connectivity index (χ0v) is 11.3. The molecule has 1 aromatic rings. The summed E-state index contributed by atoms with van der Waals surface area (Å²) in [6.45, 7) is 7.49. The Morgan fingerprint density at radius 3 is 2.59 bits per heavy atom. The SMILES string of the molecule is C[C@@H](Oc1cccc(Cl)c1)C(=O)NC(C)(C)C. The maximum absolute atomic E-state index is 11.8.